The molecule has 0 fully saturated rings. The lowest BCUT2D eigenvalue weighted by Crippen LogP contribution is -2.51. The number of aromatic nitrogens is 1. The van der Waals surface area contributed by atoms with E-state index in [1.165, 1.54) is 25.1 Å². The predicted molar refractivity (Wildman–Crippen MR) is 130 cm³/mol. The zero-order chi connectivity index (χ0) is 28.2. The molecule has 4 aromatic rings. The Morgan fingerprint density at radius 1 is 1.13 bits per heavy atom. The zero-order valence-corrected chi connectivity index (χ0v) is 20.3. The van der Waals surface area contributed by atoms with Crippen molar-refractivity contribution in [2.75, 3.05) is 13.2 Å². The Bertz CT molecular complexity index is 1570. The van der Waals surface area contributed by atoms with E-state index in [0.717, 1.165) is 18.2 Å². The monoisotopic (exact) mass is 543 g/mol. The highest BCUT2D eigenvalue weighted by molar-refractivity contribution is 5.96. The molecule has 39 heavy (non-hydrogen) atoms. The van der Waals surface area contributed by atoms with Crippen LogP contribution in [0, 0.1) is 5.82 Å². The summed E-state index contributed by atoms with van der Waals surface area (Å²) in [7, 11) is 0. The van der Waals surface area contributed by atoms with Crippen molar-refractivity contribution in [3.8, 4) is 17.0 Å². The van der Waals surface area contributed by atoms with Gasteiger partial charge < -0.3 is 25.3 Å². The van der Waals surface area contributed by atoms with E-state index in [0.29, 0.717) is 11.0 Å². The van der Waals surface area contributed by atoms with E-state index in [-0.39, 0.29) is 34.9 Å². The fourth-order valence-electron chi connectivity index (χ4n) is 4.33. The number of amides is 2. The number of hydrogen-bond donors (Lipinski definition) is 3. The summed E-state index contributed by atoms with van der Waals surface area (Å²) in [6.07, 6.45) is -5.34. The van der Waals surface area contributed by atoms with Crippen molar-refractivity contribution in [3.63, 3.8) is 0 Å². The molecule has 2 aromatic carbocycles. The molecule has 202 valence electrons. The van der Waals surface area contributed by atoms with Gasteiger partial charge in [-0.1, -0.05) is 18.2 Å². The minimum atomic E-state index is -5.34. The molecular formula is C27H21F4N3O5. The summed E-state index contributed by atoms with van der Waals surface area (Å²) in [4.78, 5) is 29.0. The molecular weight excluding hydrogens is 522 g/mol. The number of hydrogen-bond acceptors (Lipinski definition) is 6. The molecule has 2 amide bonds. The second-order valence-electron chi connectivity index (χ2n) is 9.41. The highest BCUT2D eigenvalue weighted by atomic mass is 19.4. The quantitative estimate of drug-likeness (QED) is 0.316. The molecule has 1 aliphatic rings. The number of furan rings is 1. The number of alkyl halides is 3. The molecule has 0 spiro atoms. The lowest BCUT2D eigenvalue weighted by atomic mass is 9.81. The molecule has 12 heteroatoms. The third-order valence-corrected chi connectivity index (χ3v) is 6.78. The van der Waals surface area contributed by atoms with Gasteiger partial charge in [0.05, 0.1) is 12.2 Å². The Morgan fingerprint density at radius 2 is 1.82 bits per heavy atom. The van der Waals surface area contributed by atoms with Crippen molar-refractivity contribution < 1.29 is 41.4 Å². The van der Waals surface area contributed by atoms with Crippen LogP contribution < -0.4 is 15.8 Å². The molecule has 2 atom stereocenters. The highest BCUT2D eigenvalue weighted by Gasteiger charge is 2.57. The number of primary amides is 1. The van der Waals surface area contributed by atoms with E-state index in [1.807, 2.05) is 0 Å². The van der Waals surface area contributed by atoms with Crippen LogP contribution in [0.4, 0.5) is 17.6 Å². The summed E-state index contributed by atoms with van der Waals surface area (Å²) in [5, 5.41) is 13.7. The van der Waals surface area contributed by atoms with Gasteiger partial charge >= 0.3 is 6.18 Å². The van der Waals surface area contributed by atoms with Gasteiger partial charge in [0, 0.05) is 16.5 Å². The summed E-state index contributed by atoms with van der Waals surface area (Å²) in [6.45, 7) is -0.241. The van der Waals surface area contributed by atoms with Gasteiger partial charge in [-0.15, -0.1) is 0 Å². The Labute approximate surface area is 218 Å². The van der Waals surface area contributed by atoms with Crippen molar-refractivity contribution in [3.05, 3.63) is 83.5 Å². The van der Waals surface area contributed by atoms with Gasteiger partial charge in [-0.25, -0.2) is 9.37 Å². The number of nitrogens with one attached hydrogen (secondary N) is 1. The first kappa shape index (κ1) is 26.2. The largest absolute Gasteiger partial charge is 0.489 e. The molecule has 2 aromatic heterocycles. The van der Waals surface area contributed by atoms with Crippen LogP contribution in [0.1, 0.15) is 28.7 Å². The first-order valence-corrected chi connectivity index (χ1v) is 11.6. The fourth-order valence-corrected chi connectivity index (χ4v) is 4.33. The number of carbonyl (C=O) groups excluding carboxylic acids is 2. The minimum Gasteiger partial charge on any atom is -0.489 e. The number of ether oxygens (including phenoxy) is 1. The van der Waals surface area contributed by atoms with E-state index >= 15 is 0 Å². The second kappa shape index (κ2) is 9.09. The predicted octanol–water partition coefficient (Wildman–Crippen LogP) is 3.95. The molecule has 0 bridgehead atoms. The summed E-state index contributed by atoms with van der Waals surface area (Å²) < 4.78 is 68.0. The van der Waals surface area contributed by atoms with E-state index < -0.39 is 47.1 Å². The number of rotatable bonds is 6. The molecule has 3 heterocycles. The number of nitrogens with zero attached hydrogens (tertiary/aromatic N) is 1. The molecule has 8 nitrogen and oxygen atoms in total. The number of para-hydroxylation sites is 1. The molecule has 1 aliphatic heterocycles. The molecule has 4 N–H and O–H groups in total. The van der Waals surface area contributed by atoms with Crippen LogP contribution in [0.3, 0.4) is 0 Å². The van der Waals surface area contributed by atoms with Crippen molar-refractivity contribution >= 4 is 22.8 Å². The Balaban J connectivity index is 1.59. The number of pyridine rings is 1. The maximum absolute atomic E-state index is 14.5. The maximum atomic E-state index is 14.5. The van der Waals surface area contributed by atoms with Crippen LogP contribution in [-0.4, -0.2) is 41.2 Å². The van der Waals surface area contributed by atoms with E-state index in [2.05, 4.69) is 10.3 Å². The Hall–Kier alpha value is -4.45. The number of fused-ring (bicyclic) bond motifs is 2. The van der Waals surface area contributed by atoms with Crippen LogP contribution >= 0.6 is 0 Å². The molecule has 0 aliphatic carbocycles. The van der Waals surface area contributed by atoms with Crippen molar-refractivity contribution in [2.24, 2.45) is 5.73 Å². The number of halogens is 4. The van der Waals surface area contributed by atoms with E-state index in [1.54, 1.807) is 24.3 Å². The maximum Gasteiger partial charge on any atom is 0.424 e. The van der Waals surface area contributed by atoms with Gasteiger partial charge in [-0.3, -0.25) is 9.59 Å². The van der Waals surface area contributed by atoms with Crippen LogP contribution in [-0.2, 0) is 15.8 Å². The molecule has 5 rings (SSSR count). The average Bonchev–Trinajstić information content (AvgIpc) is 3.49. The van der Waals surface area contributed by atoms with Gasteiger partial charge in [0.2, 0.25) is 11.5 Å². The number of carbonyl (C=O) groups is 2. The molecule has 0 saturated carbocycles. The minimum absolute atomic E-state index is 0.0255. The summed E-state index contributed by atoms with van der Waals surface area (Å²) in [5.74, 6) is -2.77. The van der Waals surface area contributed by atoms with Crippen LogP contribution in [0.25, 0.3) is 22.2 Å². The zero-order valence-electron chi connectivity index (χ0n) is 20.3. The van der Waals surface area contributed by atoms with Gasteiger partial charge in [0.25, 0.3) is 5.91 Å². The van der Waals surface area contributed by atoms with Crippen molar-refractivity contribution in [1.29, 1.82) is 0 Å². The molecule has 0 saturated heterocycles. The number of nitrogens with two attached hydrogens (primary N) is 1. The number of aliphatic hydroxyl groups is 1. The summed E-state index contributed by atoms with van der Waals surface area (Å²) in [5.41, 5.74) is -0.313. The second-order valence-corrected chi connectivity index (χ2v) is 9.41. The first-order valence-electron chi connectivity index (χ1n) is 11.6. The summed E-state index contributed by atoms with van der Waals surface area (Å²) >= 11 is 0. The van der Waals surface area contributed by atoms with Crippen molar-refractivity contribution in [1.82, 2.24) is 10.3 Å². The topological polar surface area (TPSA) is 128 Å². The van der Waals surface area contributed by atoms with Crippen molar-refractivity contribution in [2.45, 2.75) is 24.1 Å². The lowest BCUT2D eigenvalue weighted by Gasteiger charge is -2.31. The highest BCUT2D eigenvalue weighted by Crippen LogP contribution is 2.47. The standard InChI is InChI=1S/C27H21F4N3O5/c1-25(24(32)36)13-38-22-17(25)11-20(34-21(22)14-6-8-16(28)9-7-14)26(37,27(29,30)31)12-33-23(35)19-10-15-4-2-3-5-18(15)39-19/h2-11,37H,12-13H2,1H3,(H2,32,36)(H,33,35)/t25-,26?/m0/s1. The summed E-state index contributed by atoms with van der Waals surface area (Å²) in [6, 6.07) is 13.5. The van der Waals surface area contributed by atoms with Crippen LogP contribution in [0.15, 0.2) is 65.1 Å². The third kappa shape index (κ3) is 4.36. The van der Waals surface area contributed by atoms with E-state index in [4.69, 9.17) is 14.9 Å². The smallest absolute Gasteiger partial charge is 0.424 e. The van der Waals surface area contributed by atoms with Crippen LogP contribution in [0.5, 0.6) is 5.75 Å². The van der Waals surface area contributed by atoms with E-state index in [9.17, 15) is 32.3 Å². The molecule has 0 radical (unpaired) electrons. The third-order valence-electron chi connectivity index (χ3n) is 6.78. The number of benzene rings is 2. The SMILES string of the molecule is C[C@]1(C(N)=O)COc2c1cc(C(O)(CNC(=O)c1cc3ccccc3o1)C(F)(F)F)nc2-c1ccc(F)cc1. The normalized spacial score (nSPS) is 18.3. The average molecular weight is 543 g/mol. The first-order chi connectivity index (χ1) is 18.3. The lowest BCUT2D eigenvalue weighted by molar-refractivity contribution is -0.265. The van der Waals surface area contributed by atoms with Gasteiger partial charge in [-0.05, 0) is 49.4 Å². The van der Waals surface area contributed by atoms with Gasteiger partial charge in [0.15, 0.2) is 5.76 Å². The van der Waals surface area contributed by atoms with Crippen LogP contribution in [0.2, 0.25) is 0 Å². The Morgan fingerprint density at radius 3 is 2.46 bits per heavy atom. The van der Waals surface area contributed by atoms with Gasteiger partial charge in [0.1, 0.15) is 34.9 Å². The fraction of sp³-hybridized carbons (Fsp3) is 0.222. The Kier molecular flexibility index (Phi) is 6.10. The van der Waals surface area contributed by atoms with Gasteiger partial charge in [-0.2, -0.15) is 13.2 Å². The molecule has 1 unspecified atom stereocenters.